The number of nitrogens with one attached hydrogen (secondary N) is 2. The smallest absolute Gasteiger partial charge is 0.363 e. The summed E-state index contributed by atoms with van der Waals surface area (Å²) in [7, 11) is 0. The SMILES string of the molecule is CCc1ccc(C2CC(C(F)(F)F)n3ncc(C(=O)NC(C)C45CC6CC(CC(C6)C4)C5)c3N2)cc1. The lowest BCUT2D eigenvalue weighted by Crippen LogP contribution is -2.55. The van der Waals surface area contributed by atoms with Gasteiger partial charge in [-0.15, -0.1) is 0 Å². The van der Waals surface area contributed by atoms with Gasteiger partial charge >= 0.3 is 6.18 Å². The molecule has 0 saturated heterocycles. The van der Waals surface area contributed by atoms with Gasteiger partial charge in [-0.3, -0.25) is 4.79 Å². The average Bonchev–Trinajstić information content (AvgIpc) is 3.26. The van der Waals surface area contributed by atoms with Gasteiger partial charge in [0, 0.05) is 12.5 Å². The zero-order valence-corrected chi connectivity index (χ0v) is 20.9. The minimum Gasteiger partial charge on any atom is -0.363 e. The van der Waals surface area contributed by atoms with E-state index in [-0.39, 0.29) is 35.2 Å². The largest absolute Gasteiger partial charge is 0.410 e. The Morgan fingerprint density at radius 1 is 1.11 bits per heavy atom. The van der Waals surface area contributed by atoms with E-state index in [1.165, 1.54) is 25.5 Å². The number of nitrogens with zero attached hydrogens (tertiary/aromatic N) is 2. The first-order valence-corrected chi connectivity index (χ1v) is 13.5. The van der Waals surface area contributed by atoms with Gasteiger partial charge in [0.2, 0.25) is 0 Å². The number of aryl methyl sites for hydroxylation is 1. The first-order chi connectivity index (χ1) is 17.1. The van der Waals surface area contributed by atoms with E-state index in [1.807, 2.05) is 31.2 Å². The molecule has 4 aliphatic carbocycles. The maximum atomic E-state index is 14.1. The third kappa shape index (κ3) is 4.01. The molecule has 8 heteroatoms. The van der Waals surface area contributed by atoms with Crippen LogP contribution in [0.25, 0.3) is 0 Å². The predicted molar refractivity (Wildman–Crippen MR) is 132 cm³/mol. The molecule has 1 aromatic carbocycles. The first-order valence-electron chi connectivity index (χ1n) is 13.5. The Balaban J connectivity index is 1.26. The normalized spacial score (nSPS) is 33.6. The van der Waals surface area contributed by atoms with Gasteiger partial charge in [-0.2, -0.15) is 18.3 Å². The van der Waals surface area contributed by atoms with Crippen LogP contribution in [0.1, 0.15) is 92.4 Å². The summed E-state index contributed by atoms with van der Waals surface area (Å²) in [5.74, 6) is 2.09. The fourth-order valence-electron chi connectivity index (χ4n) is 8.07. The van der Waals surface area contributed by atoms with Crippen LogP contribution in [0.15, 0.2) is 30.5 Å². The number of benzene rings is 1. The molecule has 2 N–H and O–H groups in total. The lowest BCUT2D eigenvalue weighted by molar-refractivity contribution is -0.173. The molecule has 7 rings (SSSR count). The number of fused-ring (bicyclic) bond motifs is 1. The fourth-order valence-corrected chi connectivity index (χ4v) is 8.07. The van der Waals surface area contributed by atoms with Gasteiger partial charge in [0.25, 0.3) is 5.91 Å². The summed E-state index contributed by atoms with van der Waals surface area (Å²) in [4.78, 5) is 13.5. The number of anilines is 1. The second-order valence-electron chi connectivity index (χ2n) is 11.9. The Labute approximate surface area is 210 Å². The fraction of sp³-hybridized carbons (Fsp3) is 0.643. The summed E-state index contributed by atoms with van der Waals surface area (Å²) in [6.07, 6.45) is 4.93. The van der Waals surface area contributed by atoms with E-state index in [4.69, 9.17) is 0 Å². The van der Waals surface area contributed by atoms with Crippen molar-refractivity contribution in [3.05, 3.63) is 47.2 Å². The number of rotatable bonds is 5. The van der Waals surface area contributed by atoms with Gasteiger partial charge < -0.3 is 10.6 Å². The molecule has 2 aromatic rings. The molecule has 4 fully saturated rings. The number of carbonyl (C=O) groups is 1. The van der Waals surface area contributed by atoms with Crippen molar-refractivity contribution in [2.75, 3.05) is 5.32 Å². The number of alkyl halides is 3. The standard InChI is InChI=1S/C28H35F3N4O/c1-3-17-4-6-21(7-5-17)23-11-24(28(29,30)31)35-25(34-23)22(15-32-35)26(36)33-16(2)27-12-18-8-19(13-27)10-20(9-18)14-27/h4-7,15-16,18-20,23-24,34H,3,8-14H2,1-2H3,(H,33,36). The van der Waals surface area contributed by atoms with Crippen molar-refractivity contribution in [3.63, 3.8) is 0 Å². The van der Waals surface area contributed by atoms with Crippen molar-refractivity contribution in [2.45, 2.75) is 89.5 Å². The predicted octanol–water partition coefficient (Wildman–Crippen LogP) is 6.44. The molecule has 194 valence electrons. The lowest BCUT2D eigenvalue weighted by Gasteiger charge is -2.59. The van der Waals surface area contributed by atoms with E-state index in [1.54, 1.807) is 0 Å². The summed E-state index contributed by atoms with van der Waals surface area (Å²) >= 11 is 0. The van der Waals surface area contributed by atoms with E-state index in [0.29, 0.717) is 0 Å². The average molecular weight is 501 g/mol. The van der Waals surface area contributed by atoms with Crippen LogP contribution < -0.4 is 10.6 Å². The molecule has 1 aromatic heterocycles. The minimum atomic E-state index is -4.47. The molecule has 1 aliphatic heterocycles. The minimum absolute atomic E-state index is 0.0201. The van der Waals surface area contributed by atoms with E-state index >= 15 is 0 Å². The number of aromatic nitrogens is 2. The van der Waals surface area contributed by atoms with Crippen molar-refractivity contribution in [2.24, 2.45) is 23.2 Å². The van der Waals surface area contributed by atoms with Crippen molar-refractivity contribution in [1.29, 1.82) is 0 Å². The highest BCUT2D eigenvalue weighted by Gasteiger charge is 2.53. The van der Waals surface area contributed by atoms with Gasteiger partial charge in [0.05, 0.1) is 12.2 Å². The molecule has 0 spiro atoms. The number of carbonyl (C=O) groups excluding carboxylic acids is 1. The summed E-state index contributed by atoms with van der Waals surface area (Å²) in [6, 6.07) is 5.30. The molecule has 1 amide bonds. The Hall–Kier alpha value is -2.51. The first kappa shape index (κ1) is 23.9. The number of hydrogen-bond acceptors (Lipinski definition) is 3. The van der Waals surface area contributed by atoms with Crippen LogP contribution in [0, 0.1) is 23.2 Å². The van der Waals surface area contributed by atoms with Gasteiger partial charge in [-0.05, 0) is 86.2 Å². The number of halogens is 3. The van der Waals surface area contributed by atoms with Crippen LogP contribution in [0.2, 0.25) is 0 Å². The Kier molecular flexibility index (Phi) is 5.65. The van der Waals surface area contributed by atoms with Crippen molar-refractivity contribution in [1.82, 2.24) is 15.1 Å². The van der Waals surface area contributed by atoms with E-state index < -0.39 is 18.3 Å². The lowest BCUT2D eigenvalue weighted by atomic mass is 9.48. The molecule has 5 nitrogen and oxygen atoms in total. The summed E-state index contributed by atoms with van der Waals surface area (Å²) in [6.45, 7) is 4.13. The van der Waals surface area contributed by atoms with Crippen LogP contribution in [-0.2, 0) is 6.42 Å². The van der Waals surface area contributed by atoms with Crippen molar-refractivity contribution >= 4 is 11.7 Å². The van der Waals surface area contributed by atoms with Crippen LogP contribution in [0.4, 0.5) is 19.0 Å². The van der Waals surface area contributed by atoms with Gasteiger partial charge in [-0.25, -0.2) is 4.68 Å². The molecule has 4 saturated carbocycles. The molecular formula is C28H35F3N4O. The summed E-state index contributed by atoms with van der Waals surface area (Å²) in [5, 5.41) is 10.5. The molecule has 3 atom stereocenters. The summed E-state index contributed by atoms with van der Waals surface area (Å²) in [5.41, 5.74) is 2.21. The van der Waals surface area contributed by atoms with Gasteiger partial charge in [-0.1, -0.05) is 31.2 Å². The molecule has 0 radical (unpaired) electrons. The highest BCUT2D eigenvalue weighted by Crippen LogP contribution is 2.61. The van der Waals surface area contributed by atoms with Crippen molar-refractivity contribution in [3.8, 4) is 0 Å². The molecule has 36 heavy (non-hydrogen) atoms. The van der Waals surface area contributed by atoms with E-state index in [9.17, 15) is 18.0 Å². The van der Waals surface area contributed by atoms with Crippen LogP contribution in [0.3, 0.4) is 0 Å². The molecule has 3 unspecified atom stereocenters. The highest BCUT2D eigenvalue weighted by molar-refractivity contribution is 5.99. The van der Waals surface area contributed by atoms with Gasteiger partial charge in [0.1, 0.15) is 11.4 Å². The third-order valence-corrected chi connectivity index (χ3v) is 9.63. The second kappa shape index (κ2) is 8.52. The maximum Gasteiger partial charge on any atom is 0.410 e. The van der Waals surface area contributed by atoms with Crippen molar-refractivity contribution < 1.29 is 18.0 Å². The highest BCUT2D eigenvalue weighted by atomic mass is 19.4. The monoisotopic (exact) mass is 500 g/mol. The number of amides is 1. The van der Waals surface area contributed by atoms with E-state index in [0.717, 1.165) is 59.2 Å². The van der Waals surface area contributed by atoms with Gasteiger partial charge in [0.15, 0.2) is 6.04 Å². The van der Waals surface area contributed by atoms with Crippen LogP contribution >= 0.6 is 0 Å². The van der Waals surface area contributed by atoms with Crippen LogP contribution in [0.5, 0.6) is 0 Å². The second-order valence-corrected chi connectivity index (χ2v) is 11.9. The molecule has 5 aliphatic rings. The molecule has 4 bridgehead atoms. The molecular weight excluding hydrogens is 465 g/mol. The zero-order chi connectivity index (χ0) is 25.2. The maximum absolute atomic E-state index is 14.1. The third-order valence-electron chi connectivity index (χ3n) is 9.63. The topological polar surface area (TPSA) is 59.0 Å². The Morgan fingerprint density at radius 3 is 2.28 bits per heavy atom. The summed E-state index contributed by atoms with van der Waals surface area (Å²) < 4.78 is 43.2. The van der Waals surface area contributed by atoms with E-state index in [2.05, 4.69) is 22.7 Å². The quantitative estimate of drug-likeness (QED) is 0.497. The zero-order valence-electron chi connectivity index (χ0n) is 20.9. The van der Waals surface area contributed by atoms with Crippen LogP contribution in [-0.4, -0.2) is 27.9 Å². The molecule has 2 heterocycles. The Morgan fingerprint density at radius 2 is 1.72 bits per heavy atom. The number of hydrogen-bond donors (Lipinski definition) is 2. The Bertz CT molecular complexity index is 1100.